The lowest BCUT2D eigenvalue weighted by molar-refractivity contribution is -0.150. The van der Waals surface area contributed by atoms with Crippen molar-refractivity contribution in [2.45, 2.75) is 45.3 Å². The molecular weight excluding hydrogens is 282 g/mol. The van der Waals surface area contributed by atoms with Gasteiger partial charge in [-0.1, -0.05) is 37.3 Å². The number of carbonyl (C=O) groups excluding carboxylic acids is 1. The van der Waals surface area contributed by atoms with Crippen LogP contribution in [0.15, 0.2) is 30.3 Å². The molecule has 0 bridgehead atoms. The summed E-state index contributed by atoms with van der Waals surface area (Å²) in [6.07, 6.45) is 1.88. The van der Waals surface area contributed by atoms with Crippen molar-refractivity contribution in [1.29, 1.82) is 0 Å². The Morgan fingerprint density at radius 3 is 2.45 bits per heavy atom. The molecule has 5 nitrogen and oxygen atoms in total. The lowest BCUT2D eigenvalue weighted by atomic mass is 9.96. The summed E-state index contributed by atoms with van der Waals surface area (Å²) in [5, 5.41) is 9.52. The van der Waals surface area contributed by atoms with Crippen molar-refractivity contribution in [2.75, 3.05) is 6.54 Å². The zero-order valence-corrected chi connectivity index (χ0v) is 13.1. The second kappa shape index (κ2) is 6.81. The van der Waals surface area contributed by atoms with Crippen LogP contribution in [0.5, 0.6) is 0 Å². The van der Waals surface area contributed by atoms with E-state index in [0.29, 0.717) is 18.9 Å². The van der Waals surface area contributed by atoms with Crippen LogP contribution in [-0.4, -0.2) is 34.2 Å². The van der Waals surface area contributed by atoms with Crippen molar-refractivity contribution in [3.63, 3.8) is 0 Å². The standard InChI is InChI=1S/C17H23NO4/c1-3-17(2,15(19)20)18(11-13-9-10-13)16(21)22-12-14-7-5-4-6-8-14/h4-8,13H,3,9-12H2,1-2H3,(H,19,20). The van der Waals surface area contributed by atoms with Gasteiger partial charge in [-0.2, -0.15) is 0 Å². The van der Waals surface area contributed by atoms with Crippen molar-refractivity contribution in [1.82, 2.24) is 4.90 Å². The molecule has 1 aromatic carbocycles. The van der Waals surface area contributed by atoms with Crippen LogP contribution in [-0.2, 0) is 16.1 Å². The Balaban J connectivity index is 2.07. The minimum atomic E-state index is -1.23. The van der Waals surface area contributed by atoms with Gasteiger partial charge in [0.25, 0.3) is 0 Å². The molecule has 22 heavy (non-hydrogen) atoms. The number of nitrogens with zero attached hydrogens (tertiary/aromatic N) is 1. The van der Waals surface area contributed by atoms with Crippen molar-refractivity contribution in [3.05, 3.63) is 35.9 Å². The Bertz CT molecular complexity index is 527. The summed E-state index contributed by atoms with van der Waals surface area (Å²) in [6, 6.07) is 9.38. The molecule has 1 unspecified atom stereocenters. The Hall–Kier alpha value is -2.04. The first kappa shape index (κ1) is 16.3. The monoisotopic (exact) mass is 305 g/mol. The van der Waals surface area contributed by atoms with E-state index in [0.717, 1.165) is 18.4 Å². The molecule has 1 N–H and O–H groups in total. The summed E-state index contributed by atoms with van der Waals surface area (Å²) in [5.74, 6) is -0.596. The van der Waals surface area contributed by atoms with Gasteiger partial charge in [-0.3, -0.25) is 4.90 Å². The van der Waals surface area contributed by atoms with Gasteiger partial charge in [0, 0.05) is 6.54 Å². The second-order valence-electron chi connectivity index (χ2n) is 6.03. The van der Waals surface area contributed by atoms with Crippen molar-refractivity contribution in [2.24, 2.45) is 5.92 Å². The number of aliphatic carboxylic acids is 1. The molecule has 1 fully saturated rings. The average Bonchev–Trinajstić information content (AvgIpc) is 3.34. The highest BCUT2D eigenvalue weighted by Crippen LogP contribution is 2.33. The van der Waals surface area contributed by atoms with E-state index >= 15 is 0 Å². The number of hydrogen-bond donors (Lipinski definition) is 1. The Morgan fingerprint density at radius 2 is 1.95 bits per heavy atom. The molecule has 5 heteroatoms. The lowest BCUT2D eigenvalue weighted by Gasteiger charge is -2.36. The van der Waals surface area contributed by atoms with Crippen LogP contribution >= 0.6 is 0 Å². The smallest absolute Gasteiger partial charge is 0.411 e. The van der Waals surface area contributed by atoms with E-state index in [2.05, 4.69) is 0 Å². The van der Waals surface area contributed by atoms with Crippen LogP contribution in [0.1, 0.15) is 38.7 Å². The van der Waals surface area contributed by atoms with Crippen molar-refractivity contribution in [3.8, 4) is 0 Å². The van der Waals surface area contributed by atoms with Crippen LogP contribution in [0.4, 0.5) is 4.79 Å². The molecule has 0 aliphatic heterocycles. The number of amides is 1. The highest BCUT2D eigenvalue weighted by atomic mass is 16.6. The lowest BCUT2D eigenvalue weighted by Crippen LogP contribution is -2.55. The van der Waals surface area contributed by atoms with Crippen LogP contribution in [0.3, 0.4) is 0 Å². The van der Waals surface area contributed by atoms with Gasteiger partial charge in [0.1, 0.15) is 12.1 Å². The van der Waals surface area contributed by atoms with Gasteiger partial charge in [-0.25, -0.2) is 9.59 Å². The maximum atomic E-state index is 12.4. The molecule has 1 saturated carbocycles. The Morgan fingerprint density at radius 1 is 1.32 bits per heavy atom. The van der Waals surface area contributed by atoms with Gasteiger partial charge >= 0.3 is 12.1 Å². The van der Waals surface area contributed by atoms with E-state index in [1.165, 1.54) is 4.90 Å². The fourth-order valence-electron chi connectivity index (χ4n) is 2.29. The molecule has 0 radical (unpaired) electrons. The van der Waals surface area contributed by atoms with Gasteiger partial charge < -0.3 is 9.84 Å². The number of carboxylic acid groups (broad SMARTS) is 1. The molecule has 0 spiro atoms. The minimum absolute atomic E-state index is 0.153. The number of carboxylic acids is 1. The Kier molecular flexibility index (Phi) is 5.06. The maximum absolute atomic E-state index is 12.4. The van der Waals surface area contributed by atoms with Crippen LogP contribution < -0.4 is 0 Å². The molecule has 0 heterocycles. The number of rotatable bonds is 7. The SMILES string of the molecule is CCC(C)(C(=O)O)N(CC1CC1)C(=O)OCc1ccccc1. The maximum Gasteiger partial charge on any atom is 0.411 e. The third-order valence-electron chi connectivity index (χ3n) is 4.31. The third-order valence-corrected chi connectivity index (χ3v) is 4.31. The molecule has 120 valence electrons. The summed E-state index contributed by atoms with van der Waals surface area (Å²) in [6.45, 7) is 3.96. The second-order valence-corrected chi connectivity index (χ2v) is 6.03. The molecule has 0 saturated heterocycles. The molecule has 0 aromatic heterocycles. The molecule has 1 atom stereocenters. The largest absolute Gasteiger partial charge is 0.480 e. The first-order valence-electron chi connectivity index (χ1n) is 7.69. The van der Waals surface area contributed by atoms with Crippen molar-refractivity contribution < 1.29 is 19.4 Å². The van der Waals surface area contributed by atoms with Gasteiger partial charge in [0.2, 0.25) is 0 Å². The van der Waals surface area contributed by atoms with E-state index in [1.54, 1.807) is 13.8 Å². The summed E-state index contributed by atoms with van der Waals surface area (Å²) >= 11 is 0. The topological polar surface area (TPSA) is 66.8 Å². The first-order valence-corrected chi connectivity index (χ1v) is 7.69. The van der Waals surface area contributed by atoms with E-state index in [4.69, 9.17) is 4.74 Å². The molecule has 1 aliphatic carbocycles. The number of benzene rings is 1. The van der Waals surface area contributed by atoms with Crippen LogP contribution in [0.25, 0.3) is 0 Å². The highest BCUT2D eigenvalue weighted by molar-refractivity contribution is 5.84. The van der Waals surface area contributed by atoms with E-state index in [1.807, 2.05) is 30.3 Å². The summed E-state index contributed by atoms with van der Waals surface area (Å²) < 4.78 is 5.34. The van der Waals surface area contributed by atoms with Crippen LogP contribution in [0.2, 0.25) is 0 Å². The first-order chi connectivity index (χ1) is 10.5. The minimum Gasteiger partial charge on any atom is -0.480 e. The molecular formula is C17H23NO4. The van der Waals surface area contributed by atoms with Crippen molar-refractivity contribution >= 4 is 12.1 Å². The van der Waals surface area contributed by atoms with Gasteiger partial charge in [-0.15, -0.1) is 0 Å². The Labute approximate surface area is 130 Å². The summed E-state index contributed by atoms with van der Waals surface area (Å²) in [7, 11) is 0. The fourth-order valence-corrected chi connectivity index (χ4v) is 2.29. The number of ether oxygens (including phenoxy) is 1. The molecule has 1 amide bonds. The zero-order valence-electron chi connectivity index (χ0n) is 13.1. The van der Waals surface area contributed by atoms with Crippen LogP contribution in [0, 0.1) is 5.92 Å². The van der Waals surface area contributed by atoms with Gasteiger partial charge in [-0.05, 0) is 37.7 Å². The molecule has 1 aliphatic rings. The number of carbonyl (C=O) groups is 2. The highest BCUT2D eigenvalue weighted by Gasteiger charge is 2.44. The fraction of sp³-hybridized carbons (Fsp3) is 0.529. The summed E-state index contributed by atoms with van der Waals surface area (Å²) in [5.41, 5.74) is -0.341. The van der Waals surface area contributed by atoms with E-state index < -0.39 is 17.6 Å². The molecule has 2 rings (SSSR count). The third kappa shape index (κ3) is 3.78. The van der Waals surface area contributed by atoms with E-state index in [9.17, 15) is 14.7 Å². The average molecular weight is 305 g/mol. The van der Waals surface area contributed by atoms with Gasteiger partial charge in [0.05, 0.1) is 0 Å². The van der Waals surface area contributed by atoms with E-state index in [-0.39, 0.29) is 6.61 Å². The predicted molar refractivity (Wildman–Crippen MR) is 82.4 cm³/mol. The predicted octanol–water partition coefficient (Wildman–Crippen LogP) is 3.29. The summed E-state index contributed by atoms with van der Waals surface area (Å²) in [4.78, 5) is 25.4. The zero-order chi connectivity index (χ0) is 16.2. The van der Waals surface area contributed by atoms with Gasteiger partial charge in [0.15, 0.2) is 0 Å². The molecule has 1 aromatic rings. The normalized spacial score (nSPS) is 16.6. The number of hydrogen-bond acceptors (Lipinski definition) is 3. The quantitative estimate of drug-likeness (QED) is 0.839.